The number of hydrogen-bond donors (Lipinski definition) is 1. The van der Waals surface area contributed by atoms with Crippen LogP contribution in [0, 0.1) is 0 Å². The van der Waals surface area contributed by atoms with Crippen LogP contribution in [0.1, 0.15) is 45.9 Å². The summed E-state index contributed by atoms with van der Waals surface area (Å²) < 4.78 is 27.7. The Balaban J connectivity index is 1.98. The van der Waals surface area contributed by atoms with Crippen molar-refractivity contribution in [1.29, 1.82) is 0 Å². The van der Waals surface area contributed by atoms with Crippen LogP contribution in [-0.2, 0) is 22.6 Å². The van der Waals surface area contributed by atoms with Crippen LogP contribution in [0.5, 0.6) is 5.88 Å². The maximum absolute atomic E-state index is 13.6. The summed E-state index contributed by atoms with van der Waals surface area (Å²) in [6.07, 6.45) is 8.09. The topological polar surface area (TPSA) is 107 Å². The average molecular weight is 447 g/mol. The van der Waals surface area contributed by atoms with Crippen molar-refractivity contribution in [3.05, 3.63) is 53.0 Å². The molecule has 0 radical (unpaired) electrons. The molecule has 30 heavy (non-hydrogen) atoms. The summed E-state index contributed by atoms with van der Waals surface area (Å²) >= 11 is 1.47. The van der Waals surface area contributed by atoms with E-state index in [0.717, 1.165) is 19.1 Å². The zero-order chi connectivity index (χ0) is 21.6. The zero-order valence-electron chi connectivity index (χ0n) is 16.9. The monoisotopic (exact) mass is 446 g/mol. The molecule has 1 aliphatic rings. The van der Waals surface area contributed by atoms with Gasteiger partial charge < -0.3 is 5.11 Å². The fourth-order valence-electron chi connectivity index (χ4n) is 3.60. The first-order valence-corrected chi connectivity index (χ1v) is 12.7. The Morgan fingerprint density at radius 2 is 2.07 bits per heavy atom. The number of thioether (sulfide) groups is 1. The largest absolute Gasteiger partial charge is 0.493 e. The lowest BCUT2D eigenvalue weighted by Crippen LogP contribution is -2.14. The van der Waals surface area contributed by atoms with Crippen LogP contribution in [0.4, 0.5) is 0 Å². The van der Waals surface area contributed by atoms with Crippen LogP contribution in [-0.4, -0.2) is 51.4 Å². The summed E-state index contributed by atoms with van der Waals surface area (Å²) in [5.74, 6) is 0.0325. The second-order valence-corrected chi connectivity index (χ2v) is 10.3. The van der Waals surface area contributed by atoms with Gasteiger partial charge in [0, 0.05) is 48.5 Å². The van der Waals surface area contributed by atoms with Gasteiger partial charge >= 0.3 is 0 Å². The van der Waals surface area contributed by atoms with Crippen molar-refractivity contribution in [3.63, 3.8) is 0 Å². The molecule has 4 rings (SSSR count). The Bertz CT molecular complexity index is 1230. The van der Waals surface area contributed by atoms with Crippen LogP contribution in [0.15, 0.2) is 35.5 Å². The van der Waals surface area contributed by atoms with Gasteiger partial charge in [-0.2, -0.15) is 22.0 Å². The molecule has 158 valence electrons. The molecule has 2 aromatic heterocycles. The van der Waals surface area contributed by atoms with Crippen LogP contribution < -0.4 is 0 Å². The van der Waals surface area contributed by atoms with Gasteiger partial charge in [0.1, 0.15) is 5.56 Å². The number of hydrogen-bond acceptors (Lipinski definition) is 7. The summed E-state index contributed by atoms with van der Waals surface area (Å²) in [7, 11) is -1.97. The van der Waals surface area contributed by atoms with E-state index >= 15 is 0 Å². The van der Waals surface area contributed by atoms with Gasteiger partial charge in [0.25, 0.3) is 0 Å². The molecule has 8 nitrogen and oxygen atoms in total. The van der Waals surface area contributed by atoms with E-state index in [4.69, 9.17) is 0 Å². The van der Waals surface area contributed by atoms with Crippen LogP contribution >= 0.6 is 11.8 Å². The number of aryl methyl sites for hydroxylation is 1. The number of nitrogens with zero attached hydrogens (tertiary/aromatic N) is 4. The van der Waals surface area contributed by atoms with Gasteiger partial charge in [-0.1, -0.05) is 0 Å². The molecule has 0 atom stereocenters. The molecule has 1 N–H and O–H groups in total. The molecule has 2 heterocycles. The standard InChI is InChI=1S/C20H22N4O4S2/c1-23-20(26)16(17(22-23)12-5-6-12)19(25)13-7-8-15(30(3,27)28)18(14(13)11-29-2)24-10-4-9-21-24/h4,7-10,12,26H,5-6,11H2,1-3H3. The number of sulfone groups is 1. The summed E-state index contributed by atoms with van der Waals surface area (Å²) in [5.41, 5.74) is 2.06. The first-order chi connectivity index (χ1) is 14.2. The Morgan fingerprint density at radius 3 is 2.63 bits per heavy atom. The van der Waals surface area contributed by atoms with E-state index in [1.54, 1.807) is 25.5 Å². The van der Waals surface area contributed by atoms with Crippen LogP contribution in [0.3, 0.4) is 0 Å². The maximum Gasteiger partial charge on any atom is 0.220 e. The van der Waals surface area contributed by atoms with Gasteiger partial charge in [0.15, 0.2) is 9.84 Å². The average Bonchev–Trinajstić information content (AvgIpc) is 3.31. The van der Waals surface area contributed by atoms with Crippen LogP contribution in [0.25, 0.3) is 5.69 Å². The molecule has 3 aromatic rings. The first-order valence-electron chi connectivity index (χ1n) is 9.39. The van der Waals surface area contributed by atoms with Crippen molar-refractivity contribution in [2.75, 3.05) is 12.5 Å². The highest BCUT2D eigenvalue weighted by atomic mass is 32.2. The van der Waals surface area contributed by atoms with E-state index in [9.17, 15) is 18.3 Å². The molecular weight excluding hydrogens is 424 g/mol. The highest BCUT2D eigenvalue weighted by Crippen LogP contribution is 2.44. The lowest BCUT2D eigenvalue weighted by atomic mass is 9.96. The number of rotatable bonds is 7. The molecule has 0 aliphatic heterocycles. The van der Waals surface area contributed by atoms with E-state index in [-0.39, 0.29) is 28.0 Å². The third kappa shape index (κ3) is 3.54. The molecule has 10 heteroatoms. The molecule has 1 fully saturated rings. The molecule has 1 aromatic carbocycles. The van der Waals surface area contributed by atoms with Crippen molar-refractivity contribution in [1.82, 2.24) is 19.6 Å². The number of carbonyl (C=O) groups is 1. The molecule has 0 spiro atoms. The van der Waals surface area contributed by atoms with E-state index < -0.39 is 9.84 Å². The maximum atomic E-state index is 13.6. The number of ketones is 1. The fraction of sp³-hybridized carbons (Fsp3) is 0.350. The van der Waals surface area contributed by atoms with Crippen LogP contribution in [0.2, 0.25) is 0 Å². The van der Waals surface area contributed by atoms with Gasteiger partial charge in [-0.25, -0.2) is 17.8 Å². The predicted molar refractivity (Wildman–Crippen MR) is 114 cm³/mol. The highest BCUT2D eigenvalue weighted by Gasteiger charge is 2.35. The van der Waals surface area contributed by atoms with Gasteiger partial charge in [-0.15, -0.1) is 0 Å². The van der Waals surface area contributed by atoms with Crippen molar-refractivity contribution < 1.29 is 18.3 Å². The molecule has 1 saturated carbocycles. The van der Waals surface area contributed by atoms with Crippen molar-refractivity contribution >= 4 is 27.4 Å². The van der Waals surface area contributed by atoms with E-state index in [2.05, 4.69) is 10.2 Å². The minimum absolute atomic E-state index is 0.102. The van der Waals surface area contributed by atoms with Gasteiger partial charge in [-0.3, -0.25) is 4.79 Å². The van der Waals surface area contributed by atoms with E-state index in [1.807, 2.05) is 6.26 Å². The summed E-state index contributed by atoms with van der Waals surface area (Å²) in [6.45, 7) is 0. The molecule has 1 aliphatic carbocycles. The van der Waals surface area contributed by atoms with E-state index in [0.29, 0.717) is 28.3 Å². The number of carbonyl (C=O) groups excluding carboxylic acids is 1. The third-order valence-corrected chi connectivity index (χ3v) is 6.85. The lowest BCUT2D eigenvalue weighted by molar-refractivity contribution is 0.103. The highest BCUT2D eigenvalue weighted by molar-refractivity contribution is 7.97. The quantitative estimate of drug-likeness (QED) is 0.556. The van der Waals surface area contributed by atoms with Gasteiger partial charge in [0.05, 0.1) is 16.3 Å². The Hall–Kier alpha value is -2.59. The zero-order valence-corrected chi connectivity index (χ0v) is 18.5. The smallest absolute Gasteiger partial charge is 0.220 e. The third-order valence-electron chi connectivity index (χ3n) is 5.15. The first kappa shape index (κ1) is 20.7. The predicted octanol–water partition coefficient (Wildman–Crippen LogP) is 2.69. The number of aromatic nitrogens is 4. The molecule has 0 unspecified atom stereocenters. The number of benzene rings is 1. The minimum Gasteiger partial charge on any atom is -0.493 e. The second-order valence-electron chi connectivity index (χ2n) is 7.41. The SMILES string of the molecule is CSCc1c(C(=O)c2c(C3CC3)nn(C)c2O)ccc(S(C)(=O)=O)c1-n1cccn1. The van der Waals surface area contributed by atoms with E-state index in [1.165, 1.54) is 33.3 Å². The lowest BCUT2D eigenvalue weighted by Gasteiger charge is -2.17. The van der Waals surface area contributed by atoms with Crippen molar-refractivity contribution in [2.24, 2.45) is 7.05 Å². The minimum atomic E-state index is -3.57. The fourth-order valence-corrected chi connectivity index (χ4v) is 5.06. The molecule has 0 bridgehead atoms. The Kier molecular flexibility index (Phi) is 5.23. The normalized spacial score (nSPS) is 14.2. The molecule has 0 saturated heterocycles. The van der Waals surface area contributed by atoms with Gasteiger partial charge in [-0.05, 0) is 37.3 Å². The summed E-state index contributed by atoms with van der Waals surface area (Å²) in [4.78, 5) is 13.7. The summed E-state index contributed by atoms with van der Waals surface area (Å²) in [5, 5.41) is 19.1. The van der Waals surface area contributed by atoms with Crippen molar-refractivity contribution in [2.45, 2.75) is 29.4 Å². The molecule has 0 amide bonds. The Morgan fingerprint density at radius 1 is 1.33 bits per heavy atom. The Labute approximate surface area is 178 Å². The second kappa shape index (κ2) is 7.59. The van der Waals surface area contributed by atoms with Crippen molar-refractivity contribution in [3.8, 4) is 11.6 Å². The molecular formula is C20H22N4O4S2. The number of aromatic hydroxyl groups is 1. The summed E-state index contributed by atoms with van der Waals surface area (Å²) in [6, 6.07) is 4.66. The van der Waals surface area contributed by atoms with Gasteiger partial charge in [0.2, 0.25) is 11.7 Å².